The molecule has 126 valence electrons. The van der Waals surface area contributed by atoms with Crippen LogP contribution < -0.4 is 5.32 Å². The summed E-state index contributed by atoms with van der Waals surface area (Å²) in [5, 5.41) is 3.43. The zero-order chi connectivity index (χ0) is 16.8. The molecule has 2 aromatic rings. The zero-order valence-corrected chi connectivity index (χ0v) is 15.6. The minimum absolute atomic E-state index is 0.177. The maximum Gasteiger partial charge on any atom is 0.255 e. The number of benzene rings is 1. The number of nitrogens with zero attached hydrogens (tertiary/aromatic N) is 2. The van der Waals surface area contributed by atoms with Crippen molar-refractivity contribution in [3.05, 3.63) is 51.8 Å². The van der Waals surface area contributed by atoms with Crippen LogP contribution in [0.3, 0.4) is 0 Å². The molecule has 2 fully saturated rings. The fraction of sp³-hybridized carbons (Fsp3) is 0.421. The summed E-state index contributed by atoms with van der Waals surface area (Å²) in [4.78, 5) is 15.1. The van der Waals surface area contributed by atoms with E-state index in [1.54, 1.807) is 0 Å². The molecule has 0 bridgehead atoms. The second-order valence-corrected chi connectivity index (χ2v) is 7.81. The first-order valence-electron chi connectivity index (χ1n) is 8.50. The molecule has 1 amide bonds. The summed E-state index contributed by atoms with van der Waals surface area (Å²) in [6, 6.07) is 10.2. The van der Waals surface area contributed by atoms with E-state index in [1.807, 2.05) is 36.1 Å². The number of fused-ring (bicyclic) bond motifs is 1. The van der Waals surface area contributed by atoms with Crippen LogP contribution in [0.25, 0.3) is 5.69 Å². The van der Waals surface area contributed by atoms with Gasteiger partial charge in [-0.25, -0.2) is 0 Å². The lowest BCUT2D eigenvalue weighted by Crippen LogP contribution is -2.32. The normalized spacial score (nSPS) is 22.9. The zero-order valence-electron chi connectivity index (χ0n) is 14.1. The number of hydrogen-bond donors (Lipinski definition) is 1. The Kier molecular flexibility index (Phi) is 4.01. The van der Waals surface area contributed by atoms with Crippen molar-refractivity contribution in [1.82, 2.24) is 14.8 Å². The summed E-state index contributed by atoms with van der Waals surface area (Å²) >= 11 is 3.62. The van der Waals surface area contributed by atoms with Crippen molar-refractivity contribution in [1.29, 1.82) is 0 Å². The number of rotatable bonds is 2. The molecule has 2 atom stereocenters. The third kappa shape index (κ3) is 2.50. The van der Waals surface area contributed by atoms with Crippen molar-refractivity contribution in [2.45, 2.75) is 13.8 Å². The molecule has 1 aromatic heterocycles. The summed E-state index contributed by atoms with van der Waals surface area (Å²) in [5.74, 6) is 1.43. The van der Waals surface area contributed by atoms with Crippen molar-refractivity contribution < 1.29 is 4.79 Å². The van der Waals surface area contributed by atoms with Gasteiger partial charge in [0.05, 0.1) is 11.3 Å². The fourth-order valence-electron chi connectivity index (χ4n) is 4.17. The average molecular weight is 388 g/mol. The molecule has 1 N–H and O–H groups in total. The number of carbonyl (C=O) groups is 1. The monoisotopic (exact) mass is 387 g/mol. The molecule has 2 aliphatic rings. The van der Waals surface area contributed by atoms with Crippen molar-refractivity contribution in [2.75, 3.05) is 26.2 Å². The molecule has 1 aromatic carbocycles. The molecule has 24 heavy (non-hydrogen) atoms. The molecule has 0 unspecified atom stereocenters. The van der Waals surface area contributed by atoms with Crippen LogP contribution in [0.15, 0.2) is 34.8 Å². The molecule has 4 rings (SSSR count). The minimum atomic E-state index is 0.177. The standard InChI is InChI=1S/C19H22BrN3O/c1-12-7-16(13(2)23(12)18-6-4-3-5-17(18)20)19(24)22-10-14-8-21-9-15(14)11-22/h3-7,14-15,21H,8-11H2,1-2H3/t14-,15+. The fourth-order valence-corrected chi connectivity index (χ4v) is 4.64. The first-order valence-corrected chi connectivity index (χ1v) is 9.29. The molecule has 2 aliphatic heterocycles. The number of aryl methyl sites for hydroxylation is 1. The number of nitrogens with one attached hydrogen (secondary N) is 1. The molecular formula is C19H22BrN3O. The van der Waals surface area contributed by atoms with E-state index >= 15 is 0 Å². The van der Waals surface area contributed by atoms with Gasteiger partial charge in [-0.15, -0.1) is 0 Å². The van der Waals surface area contributed by atoms with Gasteiger partial charge in [0, 0.05) is 42.0 Å². The molecule has 0 saturated carbocycles. The van der Waals surface area contributed by atoms with Crippen LogP contribution in [-0.2, 0) is 0 Å². The average Bonchev–Trinajstić information content (AvgIpc) is 3.22. The third-order valence-electron chi connectivity index (χ3n) is 5.43. The lowest BCUT2D eigenvalue weighted by Gasteiger charge is -2.18. The highest BCUT2D eigenvalue weighted by Crippen LogP contribution is 2.30. The van der Waals surface area contributed by atoms with Crippen molar-refractivity contribution in [2.24, 2.45) is 11.8 Å². The number of likely N-dealkylation sites (tertiary alicyclic amines) is 1. The van der Waals surface area contributed by atoms with Gasteiger partial charge in [-0.1, -0.05) is 12.1 Å². The first-order chi connectivity index (χ1) is 11.6. The summed E-state index contributed by atoms with van der Waals surface area (Å²) in [6.07, 6.45) is 0. The van der Waals surface area contributed by atoms with E-state index in [0.717, 1.165) is 53.3 Å². The van der Waals surface area contributed by atoms with Gasteiger partial charge in [-0.3, -0.25) is 4.79 Å². The summed E-state index contributed by atoms with van der Waals surface area (Å²) in [7, 11) is 0. The molecule has 3 heterocycles. The SMILES string of the molecule is Cc1cc(C(=O)N2C[C@H]3CNC[C@H]3C2)c(C)n1-c1ccccc1Br. The van der Waals surface area contributed by atoms with E-state index in [9.17, 15) is 4.79 Å². The van der Waals surface area contributed by atoms with E-state index in [2.05, 4.69) is 38.8 Å². The van der Waals surface area contributed by atoms with Gasteiger partial charge in [0.25, 0.3) is 5.91 Å². The maximum atomic E-state index is 13.1. The third-order valence-corrected chi connectivity index (χ3v) is 6.10. The van der Waals surface area contributed by atoms with Crippen LogP contribution in [0.1, 0.15) is 21.7 Å². The Morgan fingerprint density at radius 3 is 2.50 bits per heavy atom. The predicted octanol–water partition coefficient (Wildman–Crippen LogP) is 3.15. The molecule has 0 aliphatic carbocycles. The molecule has 0 spiro atoms. The van der Waals surface area contributed by atoms with Crippen LogP contribution >= 0.6 is 15.9 Å². The summed E-state index contributed by atoms with van der Waals surface area (Å²) in [5.41, 5.74) is 4.01. The second-order valence-electron chi connectivity index (χ2n) is 6.96. The van der Waals surface area contributed by atoms with Gasteiger partial charge >= 0.3 is 0 Å². The van der Waals surface area contributed by atoms with Crippen LogP contribution in [-0.4, -0.2) is 41.6 Å². The Hall–Kier alpha value is -1.59. The van der Waals surface area contributed by atoms with E-state index < -0.39 is 0 Å². The summed E-state index contributed by atoms with van der Waals surface area (Å²) < 4.78 is 3.20. The van der Waals surface area contributed by atoms with E-state index in [0.29, 0.717) is 11.8 Å². The molecule has 2 saturated heterocycles. The largest absolute Gasteiger partial charge is 0.338 e. The van der Waals surface area contributed by atoms with Crippen LogP contribution in [0.5, 0.6) is 0 Å². The topological polar surface area (TPSA) is 37.3 Å². The number of amides is 1. The molecule has 0 radical (unpaired) electrons. The lowest BCUT2D eigenvalue weighted by molar-refractivity contribution is 0.0781. The number of para-hydroxylation sites is 1. The highest BCUT2D eigenvalue weighted by Gasteiger charge is 2.38. The number of carbonyl (C=O) groups excluding carboxylic acids is 1. The van der Waals surface area contributed by atoms with Crippen LogP contribution in [0.4, 0.5) is 0 Å². The highest BCUT2D eigenvalue weighted by atomic mass is 79.9. The maximum absolute atomic E-state index is 13.1. The van der Waals surface area contributed by atoms with Gasteiger partial charge in [0.1, 0.15) is 0 Å². The Bertz CT molecular complexity index is 786. The molecule has 5 heteroatoms. The van der Waals surface area contributed by atoms with Gasteiger partial charge in [0.2, 0.25) is 0 Å². The highest BCUT2D eigenvalue weighted by molar-refractivity contribution is 9.10. The molecule has 4 nitrogen and oxygen atoms in total. The quantitative estimate of drug-likeness (QED) is 0.859. The van der Waals surface area contributed by atoms with Crippen LogP contribution in [0, 0.1) is 25.7 Å². The van der Waals surface area contributed by atoms with E-state index in [1.165, 1.54) is 0 Å². The second kappa shape index (κ2) is 6.05. The van der Waals surface area contributed by atoms with Crippen LogP contribution in [0.2, 0.25) is 0 Å². The van der Waals surface area contributed by atoms with Crippen molar-refractivity contribution >= 4 is 21.8 Å². The summed E-state index contributed by atoms with van der Waals surface area (Å²) in [6.45, 7) is 7.96. The van der Waals surface area contributed by atoms with Crippen molar-refractivity contribution in [3.8, 4) is 5.69 Å². The van der Waals surface area contributed by atoms with Crippen molar-refractivity contribution in [3.63, 3.8) is 0 Å². The smallest absolute Gasteiger partial charge is 0.255 e. The molecular weight excluding hydrogens is 366 g/mol. The number of aromatic nitrogens is 1. The Labute approximate surface area is 151 Å². The Morgan fingerprint density at radius 2 is 1.83 bits per heavy atom. The minimum Gasteiger partial charge on any atom is -0.338 e. The van der Waals surface area contributed by atoms with E-state index in [-0.39, 0.29) is 5.91 Å². The Morgan fingerprint density at radius 1 is 1.17 bits per heavy atom. The van der Waals surface area contributed by atoms with Gasteiger partial charge in [-0.2, -0.15) is 0 Å². The number of hydrogen-bond acceptors (Lipinski definition) is 2. The van der Waals surface area contributed by atoms with E-state index in [4.69, 9.17) is 0 Å². The first kappa shape index (κ1) is 15.9. The number of halogens is 1. The van der Waals surface area contributed by atoms with Gasteiger partial charge < -0.3 is 14.8 Å². The predicted molar refractivity (Wildman–Crippen MR) is 98.7 cm³/mol. The van der Waals surface area contributed by atoms with Gasteiger partial charge in [0.15, 0.2) is 0 Å². The van der Waals surface area contributed by atoms with Gasteiger partial charge in [-0.05, 0) is 59.8 Å². The Balaban J connectivity index is 1.67. The lowest BCUT2D eigenvalue weighted by atomic mass is 10.0.